The highest BCUT2D eigenvalue weighted by Crippen LogP contribution is 2.16. The van der Waals surface area contributed by atoms with Gasteiger partial charge in [-0.05, 0) is 24.7 Å². The topological polar surface area (TPSA) is 58.4 Å². The number of nitrogens with zero attached hydrogens (tertiary/aromatic N) is 1. The monoisotopic (exact) mass is 269 g/mol. The molecule has 0 bridgehead atoms. The van der Waals surface area contributed by atoms with E-state index in [4.69, 9.17) is 5.73 Å². The minimum absolute atomic E-state index is 0.0682. The Morgan fingerprint density at radius 1 is 1.10 bits per heavy atom. The number of amides is 1. The van der Waals surface area contributed by atoms with Crippen LogP contribution in [0.3, 0.4) is 0 Å². The lowest BCUT2D eigenvalue weighted by Crippen LogP contribution is -2.30. The second kappa shape index (κ2) is 6.73. The Kier molecular flexibility index (Phi) is 4.74. The molecule has 2 aromatic carbocycles. The second-order valence-electron chi connectivity index (χ2n) is 4.79. The third kappa shape index (κ3) is 4.10. The first-order valence-electron chi connectivity index (χ1n) is 6.52. The van der Waals surface area contributed by atoms with E-state index in [9.17, 15) is 4.79 Å². The van der Waals surface area contributed by atoms with Gasteiger partial charge in [-0.3, -0.25) is 9.69 Å². The van der Waals surface area contributed by atoms with Gasteiger partial charge in [-0.1, -0.05) is 42.5 Å². The van der Waals surface area contributed by atoms with E-state index in [0.717, 1.165) is 6.54 Å². The average Bonchev–Trinajstić information content (AvgIpc) is 2.42. The number of likely N-dealkylation sites (N-methyl/N-ethyl adjacent to an activating group) is 1. The Morgan fingerprint density at radius 2 is 1.75 bits per heavy atom. The van der Waals surface area contributed by atoms with Crippen molar-refractivity contribution in [3.63, 3.8) is 0 Å². The number of nitrogen functional groups attached to an aromatic ring is 1. The van der Waals surface area contributed by atoms with Gasteiger partial charge in [-0.15, -0.1) is 0 Å². The molecule has 0 aliphatic heterocycles. The van der Waals surface area contributed by atoms with Gasteiger partial charge in [0.1, 0.15) is 0 Å². The summed E-state index contributed by atoms with van der Waals surface area (Å²) >= 11 is 0. The molecule has 0 saturated carbocycles. The third-order valence-corrected chi connectivity index (χ3v) is 2.94. The van der Waals surface area contributed by atoms with E-state index in [-0.39, 0.29) is 5.91 Å². The quantitative estimate of drug-likeness (QED) is 0.819. The molecule has 0 aromatic heterocycles. The van der Waals surface area contributed by atoms with Crippen LogP contribution >= 0.6 is 0 Å². The Labute approximate surface area is 119 Å². The van der Waals surface area contributed by atoms with Crippen molar-refractivity contribution >= 4 is 17.3 Å². The molecule has 0 unspecified atom stereocenters. The molecule has 2 aromatic rings. The van der Waals surface area contributed by atoms with Crippen molar-refractivity contribution in [1.82, 2.24) is 4.90 Å². The average molecular weight is 269 g/mol. The smallest absolute Gasteiger partial charge is 0.238 e. The fraction of sp³-hybridized carbons (Fsp3) is 0.188. The van der Waals surface area contributed by atoms with Crippen LogP contribution in [0.1, 0.15) is 5.56 Å². The summed E-state index contributed by atoms with van der Waals surface area (Å²) in [6.45, 7) is 1.06. The summed E-state index contributed by atoms with van der Waals surface area (Å²) < 4.78 is 0. The molecule has 104 valence electrons. The molecular weight excluding hydrogens is 250 g/mol. The Balaban J connectivity index is 1.87. The van der Waals surface area contributed by atoms with Crippen LogP contribution in [0.25, 0.3) is 0 Å². The molecule has 0 radical (unpaired) electrons. The maximum Gasteiger partial charge on any atom is 0.238 e. The van der Waals surface area contributed by atoms with Crippen molar-refractivity contribution in [2.75, 3.05) is 24.6 Å². The second-order valence-corrected chi connectivity index (χ2v) is 4.79. The maximum atomic E-state index is 12.0. The van der Waals surface area contributed by atoms with Crippen molar-refractivity contribution in [1.29, 1.82) is 0 Å². The number of benzene rings is 2. The van der Waals surface area contributed by atoms with Crippen molar-refractivity contribution in [3.8, 4) is 0 Å². The number of para-hydroxylation sites is 2. The number of rotatable bonds is 5. The predicted molar refractivity (Wildman–Crippen MR) is 82.3 cm³/mol. The molecule has 2 rings (SSSR count). The first-order chi connectivity index (χ1) is 9.65. The fourth-order valence-corrected chi connectivity index (χ4v) is 2.00. The van der Waals surface area contributed by atoms with Gasteiger partial charge in [-0.2, -0.15) is 0 Å². The zero-order valence-electron chi connectivity index (χ0n) is 11.5. The summed E-state index contributed by atoms with van der Waals surface area (Å²) in [6.07, 6.45) is 0. The lowest BCUT2D eigenvalue weighted by Gasteiger charge is -2.16. The molecule has 0 fully saturated rings. The van der Waals surface area contributed by atoms with Gasteiger partial charge < -0.3 is 11.1 Å². The molecule has 0 spiro atoms. The Morgan fingerprint density at radius 3 is 2.45 bits per heavy atom. The molecule has 0 heterocycles. The Hall–Kier alpha value is -2.33. The molecule has 4 heteroatoms. The summed E-state index contributed by atoms with van der Waals surface area (Å²) in [5.41, 5.74) is 8.21. The van der Waals surface area contributed by atoms with Crippen LogP contribution in [-0.4, -0.2) is 24.4 Å². The summed E-state index contributed by atoms with van der Waals surface area (Å²) in [4.78, 5) is 13.9. The fourth-order valence-electron chi connectivity index (χ4n) is 2.00. The van der Waals surface area contributed by atoms with Crippen molar-refractivity contribution in [3.05, 3.63) is 60.2 Å². The van der Waals surface area contributed by atoms with E-state index in [1.807, 2.05) is 54.4 Å². The van der Waals surface area contributed by atoms with Crippen molar-refractivity contribution < 1.29 is 4.79 Å². The van der Waals surface area contributed by atoms with Crippen LogP contribution in [0.4, 0.5) is 11.4 Å². The zero-order chi connectivity index (χ0) is 14.4. The molecule has 0 atom stereocenters. The van der Waals surface area contributed by atoms with Gasteiger partial charge in [-0.25, -0.2) is 0 Å². The van der Waals surface area contributed by atoms with Crippen LogP contribution in [0, 0.1) is 0 Å². The molecular formula is C16H19N3O. The van der Waals surface area contributed by atoms with E-state index in [1.54, 1.807) is 12.1 Å². The van der Waals surface area contributed by atoms with Crippen LogP contribution < -0.4 is 11.1 Å². The summed E-state index contributed by atoms with van der Waals surface area (Å²) in [5, 5.41) is 2.82. The first kappa shape index (κ1) is 14.1. The van der Waals surface area contributed by atoms with Gasteiger partial charge in [0.05, 0.1) is 17.9 Å². The molecule has 1 amide bonds. The highest BCUT2D eigenvalue weighted by molar-refractivity contribution is 5.95. The summed E-state index contributed by atoms with van der Waals surface area (Å²) in [6, 6.07) is 17.3. The van der Waals surface area contributed by atoms with Gasteiger partial charge >= 0.3 is 0 Å². The van der Waals surface area contributed by atoms with Crippen LogP contribution in [0.2, 0.25) is 0 Å². The molecule has 4 nitrogen and oxygen atoms in total. The van der Waals surface area contributed by atoms with Crippen LogP contribution in [-0.2, 0) is 11.3 Å². The Bertz CT molecular complexity index is 569. The normalized spacial score (nSPS) is 10.5. The SMILES string of the molecule is CN(CC(=O)Nc1ccccc1N)Cc1ccccc1. The number of anilines is 2. The summed E-state index contributed by atoms with van der Waals surface area (Å²) in [5.74, 6) is -0.0682. The summed E-state index contributed by atoms with van der Waals surface area (Å²) in [7, 11) is 1.92. The third-order valence-electron chi connectivity index (χ3n) is 2.94. The number of carbonyl (C=O) groups excluding carboxylic acids is 1. The van der Waals surface area contributed by atoms with Crippen molar-refractivity contribution in [2.24, 2.45) is 0 Å². The number of nitrogens with two attached hydrogens (primary N) is 1. The first-order valence-corrected chi connectivity index (χ1v) is 6.52. The van der Waals surface area contributed by atoms with Crippen LogP contribution in [0.5, 0.6) is 0 Å². The predicted octanol–water partition coefficient (Wildman–Crippen LogP) is 2.34. The largest absolute Gasteiger partial charge is 0.397 e. The molecule has 20 heavy (non-hydrogen) atoms. The number of nitrogens with one attached hydrogen (secondary N) is 1. The number of hydrogen-bond acceptors (Lipinski definition) is 3. The maximum absolute atomic E-state index is 12.0. The van der Waals surface area contributed by atoms with Gasteiger partial charge in [0.2, 0.25) is 5.91 Å². The van der Waals surface area contributed by atoms with Crippen LogP contribution in [0.15, 0.2) is 54.6 Å². The van der Waals surface area contributed by atoms with Gasteiger partial charge in [0.15, 0.2) is 0 Å². The zero-order valence-corrected chi connectivity index (χ0v) is 11.5. The lowest BCUT2D eigenvalue weighted by atomic mass is 10.2. The molecule has 0 aliphatic rings. The van der Waals surface area contributed by atoms with E-state index in [1.165, 1.54) is 5.56 Å². The number of carbonyl (C=O) groups is 1. The minimum atomic E-state index is -0.0682. The van der Waals surface area contributed by atoms with E-state index >= 15 is 0 Å². The molecule has 0 aliphatic carbocycles. The van der Waals surface area contributed by atoms with E-state index < -0.39 is 0 Å². The van der Waals surface area contributed by atoms with E-state index in [0.29, 0.717) is 17.9 Å². The van der Waals surface area contributed by atoms with E-state index in [2.05, 4.69) is 5.32 Å². The highest BCUT2D eigenvalue weighted by atomic mass is 16.2. The standard InChI is InChI=1S/C16H19N3O/c1-19(11-13-7-3-2-4-8-13)12-16(20)18-15-10-6-5-9-14(15)17/h2-10H,11-12,17H2,1H3,(H,18,20). The van der Waals surface area contributed by atoms with Crippen molar-refractivity contribution in [2.45, 2.75) is 6.54 Å². The van der Waals surface area contributed by atoms with Gasteiger partial charge in [0.25, 0.3) is 0 Å². The van der Waals surface area contributed by atoms with Gasteiger partial charge in [0, 0.05) is 6.54 Å². The highest BCUT2D eigenvalue weighted by Gasteiger charge is 2.08. The lowest BCUT2D eigenvalue weighted by molar-refractivity contribution is -0.117. The minimum Gasteiger partial charge on any atom is -0.397 e. The number of hydrogen-bond donors (Lipinski definition) is 2. The molecule has 0 saturated heterocycles. The molecule has 3 N–H and O–H groups in total.